The SMILES string of the molecule is C[C@H]1CC[C@](C)(C=O)CC[C@@H]2[C@@H]1CC2(C)C. The molecule has 0 heterocycles. The van der Waals surface area contributed by atoms with E-state index in [2.05, 4.69) is 27.7 Å². The molecule has 0 aromatic carbocycles. The molecule has 0 radical (unpaired) electrons. The van der Waals surface area contributed by atoms with Crippen LogP contribution < -0.4 is 0 Å². The van der Waals surface area contributed by atoms with Gasteiger partial charge in [0.15, 0.2) is 0 Å². The average molecular weight is 222 g/mol. The summed E-state index contributed by atoms with van der Waals surface area (Å²) in [5, 5.41) is 0. The van der Waals surface area contributed by atoms with Gasteiger partial charge in [-0.05, 0) is 55.3 Å². The summed E-state index contributed by atoms with van der Waals surface area (Å²) in [6.07, 6.45) is 7.32. The summed E-state index contributed by atoms with van der Waals surface area (Å²) < 4.78 is 0. The van der Waals surface area contributed by atoms with E-state index in [1.807, 2.05) is 0 Å². The van der Waals surface area contributed by atoms with E-state index in [1.54, 1.807) is 0 Å². The van der Waals surface area contributed by atoms with Gasteiger partial charge in [-0.25, -0.2) is 0 Å². The summed E-state index contributed by atoms with van der Waals surface area (Å²) in [4.78, 5) is 11.2. The van der Waals surface area contributed by atoms with E-state index in [9.17, 15) is 4.79 Å². The highest BCUT2D eigenvalue weighted by Gasteiger charge is 2.50. The van der Waals surface area contributed by atoms with Crippen molar-refractivity contribution >= 4 is 6.29 Å². The molecule has 1 heteroatoms. The molecule has 2 aliphatic carbocycles. The first-order chi connectivity index (χ1) is 7.38. The van der Waals surface area contributed by atoms with Gasteiger partial charge in [-0.3, -0.25) is 0 Å². The largest absolute Gasteiger partial charge is 0.303 e. The number of carbonyl (C=O) groups is 1. The minimum atomic E-state index is -0.0368. The number of aldehydes is 1. The van der Waals surface area contributed by atoms with E-state index in [0.717, 1.165) is 30.6 Å². The molecular weight excluding hydrogens is 196 g/mol. The molecule has 1 nitrogen and oxygen atoms in total. The van der Waals surface area contributed by atoms with Gasteiger partial charge in [-0.15, -0.1) is 0 Å². The topological polar surface area (TPSA) is 17.1 Å². The normalized spacial score (nSPS) is 47.1. The fourth-order valence-electron chi connectivity index (χ4n) is 4.02. The minimum Gasteiger partial charge on any atom is -0.303 e. The number of fused-ring (bicyclic) bond motifs is 1. The molecule has 2 saturated carbocycles. The van der Waals surface area contributed by atoms with Gasteiger partial charge >= 0.3 is 0 Å². The molecule has 4 atom stereocenters. The summed E-state index contributed by atoms with van der Waals surface area (Å²) in [5.74, 6) is 2.62. The molecule has 0 amide bonds. The number of hydrogen-bond acceptors (Lipinski definition) is 1. The Labute approximate surface area is 100.0 Å². The molecule has 2 rings (SSSR count). The van der Waals surface area contributed by atoms with E-state index in [1.165, 1.54) is 25.5 Å². The monoisotopic (exact) mass is 222 g/mol. The number of rotatable bonds is 1. The number of hydrogen-bond donors (Lipinski definition) is 0. The Bertz CT molecular complexity index is 281. The molecule has 0 spiro atoms. The van der Waals surface area contributed by atoms with Crippen LogP contribution in [-0.4, -0.2) is 6.29 Å². The van der Waals surface area contributed by atoms with Gasteiger partial charge in [0.1, 0.15) is 6.29 Å². The fourth-order valence-corrected chi connectivity index (χ4v) is 4.02. The zero-order valence-corrected chi connectivity index (χ0v) is 11.3. The highest BCUT2D eigenvalue weighted by molar-refractivity contribution is 5.58. The second-order valence-corrected chi connectivity index (χ2v) is 7.29. The molecule has 92 valence electrons. The summed E-state index contributed by atoms with van der Waals surface area (Å²) in [6, 6.07) is 0. The Hall–Kier alpha value is -0.330. The lowest BCUT2D eigenvalue weighted by Crippen LogP contribution is -2.48. The van der Waals surface area contributed by atoms with E-state index >= 15 is 0 Å². The lowest BCUT2D eigenvalue weighted by Gasteiger charge is -2.56. The Balaban J connectivity index is 2.10. The Morgan fingerprint density at radius 2 is 1.75 bits per heavy atom. The second kappa shape index (κ2) is 3.85. The van der Waals surface area contributed by atoms with E-state index < -0.39 is 0 Å². The van der Waals surface area contributed by atoms with Crippen molar-refractivity contribution in [1.82, 2.24) is 0 Å². The van der Waals surface area contributed by atoms with Gasteiger partial charge in [0.05, 0.1) is 0 Å². The van der Waals surface area contributed by atoms with Crippen LogP contribution in [-0.2, 0) is 4.79 Å². The zero-order valence-electron chi connectivity index (χ0n) is 11.3. The van der Waals surface area contributed by atoms with Crippen LogP contribution in [0.2, 0.25) is 0 Å². The molecule has 0 saturated heterocycles. The van der Waals surface area contributed by atoms with Gasteiger partial charge < -0.3 is 4.79 Å². The van der Waals surface area contributed by atoms with Crippen molar-refractivity contribution in [3.05, 3.63) is 0 Å². The minimum absolute atomic E-state index is 0.0368. The van der Waals surface area contributed by atoms with E-state index in [4.69, 9.17) is 0 Å². The lowest BCUT2D eigenvalue weighted by molar-refractivity contribution is -0.120. The molecule has 2 fully saturated rings. The van der Waals surface area contributed by atoms with Crippen molar-refractivity contribution < 1.29 is 4.79 Å². The van der Waals surface area contributed by atoms with E-state index in [0.29, 0.717) is 5.41 Å². The van der Waals surface area contributed by atoms with Crippen molar-refractivity contribution in [3.63, 3.8) is 0 Å². The summed E-state index contributed by atoms with van der Waals surface area (Å²) >= 11 is 0. The Morgan fingerprint density at radius 1 is 1.12 bits per heavy atom. The zero-order chi connectivity index (χ0) is 12.0. The van der Waals surface area contributed by atoms with Crippen LogP contribution in [0.5, 0.6) is 0 Å². The maximum absolute atomic E-state index is 11.2. The second-order valence-electron chi connectivity index (χ2n) is 7.29. The predicted molar refractivity (Wildman–Crippen MR) is 67.2 cm³/mol. The van der Waals surface area contributed by atoms with Crippen molar-refractivity contribution in [1.29, 1.82) is 0 Å². The van der Waals surface area contributed by atoms with Crippen LogP contribution in [0.25, 0.3) is 0 Å². The van der Waals surface area contributed by atoms with Crippen molar-refractivity contribution in [3.8, 4) is 0 Å². The molecule has 2 aliphatic rings. The third kappa shape index (κ3) is 1.94. The highest BCUT2D eigenvalue weighted by atomic mass is 16.1. The quantitative estimate of drug-likeness (QED) is 0.611. The van der Waals surface area contributed by atoms with Crippen LogP contribution in [0.3, 0.4) is 0 Å². The summed E-state index contributed by atoms with van der Waals surface area (Å²) in [5.41, 5.74) is 0.491. The van der Waals surface area contributed by atoms with Crippen LogP contribution in [0.1, 0.15) is 59.8 Å². The molecule has 16 heavy (non-hydrogen) atoms. The maximum Gasteiger partial charge on any atom is 0.125 e. The Kier molecular flexibility index (Phi) is 2.92. The summed E-state index contributed by atoms with van der Waals surface area (Å²) in [6.45, 7) is 9.35. The lowest BCUT2D eigenvalue weighted by atomic mass is 9.49. The van der Waals surface area contributed by atoms with Crippen molar-refractivity contribution in [2.24, 2.45) is 28.6 Å². The number of carbonyl (C=O) groups excluding carboxylic acids is 1. The fraction of sp³-hybridized carbons (Fsp3) is 0.933. The highest BCUT2D eigenvalue weighted by Crippen LogP contribution is 2.58. The van der Waals surface area contributed by atoms with Crippen molar-refractivity contribution in [2.75, 3.05) is 0 Å². The molecule has 0 aromatic rings. The molecule has 0 aliphatic heterocycles. The Morgan fingerprint density at radius 3 is 2.31 bits per heavy atom. The molecule has 0 unspecified atom stereocenters. The van der Waals surface area contributed by atoms with Gasteiger partial charge in [0.25, 0.3) is 0 Å². The smallest absolute Gasteiger partial charge is 0.125 e. The van der Waals surface area contributed by atoms with E-state index in [-0.39, 0.29) is 5.41 Å². The van der Waals surface area contributed by atoms with Gasteiger partial charge in [0, 0.05) is 5.41 Å². The van der Waals surface area contributed by atoms with Crippen LogP contribution in [0, 0.1) is 28.6 Å². The van der Waals surface area contributed by atoms with Crippen molar-refractivity contribution in [2.45, 2.75) is 59.8 Å². The van der Waals surface area contributed by atoms with Gasteiger partial charge in [-0.1, -0.05) is 27.7 Å². The third-order valence-electron chi connectivity index (χ3n) is 5.50. The summed E-state index contributed by atoms with van der Waals surface area (Å²) in [7, 11) is 0. The standard InChI is InChI=1S/C15H26O/c1-11-5-7-15(4,10-16)8-6-13-12(11)9-14(13,2)3/h10-13H,5-9H2,1-4H3/t11-,12+,13+,15-/m0/s1. The van der Waals surface area contributed by atoms with Gasteiger partial charge in [-0.2, -0.15) is 0 Å². The molecule has 0 bridgehead atoms. The maximum atomic E-state index is 11.2. The van der Waals surface area contributed by atoms with Crippen LogP contribution in [0.15, 0.2) is 0 Å². The predicted octanol–water partition coefficient (Wildman–Crippen LogP) is 4.06. The average Bonchev–Trinajstić information content (AvgIpc) is 2.22. The first kappa shape index (κ1) is 12.1. The van der Waals surface area contributed by atoms with Crippen LogP contribution in [0.4, 0.5) is 0 Å². The first-order valence-electron chi connectivity index (χ1n) is 6.84. The molecule has 0 N–H and O–H groups in total. The van der Waals surface area contributed by atoms with Gasteiger partial charge in [0.2, 0.25) is 0 Å². The molecular formula is C15H26O. The third-order valence-corrected chi connectivity index (χ3v) is 5.50. The first-order valence-corrected chi connectivity index (χ1v) is 6.84. The molecule has 0 aromatic heterocycles. The van der Waals surface area contributed by atoms with Crippen LogP contribution >= 0.6 is 0 Å².